The van der Waals surface area contributed by atoms with Crippen LogP contribution in [0.25, 0.3) is 0 Å². The summed E-state index contributed by atoms with van der Waals surface area (Å²) in [5, 5.41) is 6.79. The van der Waals surface area contributed by atoms with E-state index in [9.17, 15) is 24.0 Å². The van der Waals surface area contributed by atoms with Gasteiger partial charge in [-0.05, 0) is 27.7 Å². The summed E-state index contributed by atoms with van der Waals surface area (Å²) in [5.41, 5.74) is -1.09. The molecule has 0 radical (unpaired) electrons. The standard InChI is InChI=1S/C13H20N4O6/c1-7(2)14-11(21)15-8(18)6-23-9(19)5-17-10(20)13(3,4)16-12(17)22/h7H,5-6H2,1-4H3,(H,16,22)(H2,14,15,18,21). The fourth-order valence-corrected chi connectivity index (χ4v) is 1.74. The molecule has 0 unspecified atom stereocenters. The van der Waals surface area contributed by atoms with E-state index in [0.717, 1.165) is 0 Å². The van der Waals surface area contributed by atoms with E-state index in [-0.39, 0.29) is 6.04 Å². The first-order valence-corrected chi connectivity index (χ1v) is 6.93. The molecule has 1 aliphatic heterocycles. The third kappa shape index (κ3) is 5.24. The van der Waals surface area contributed by atoms with Crippen molar-refractivity contribution in [3.8, 4) is 0 Å². The fourth-order valence-electron chi connectivity index (χ4n) is 1.74. The normalized spacial score (nSPS) is 16.1. The van der Waals surface area contributed by atoms with Crippen molar-refractivity contribution in [1.29, 1.82) is 0 Å². The Morgan fingerprint density at radius 3 is 2.35 bits per heavy atom. The van der Waals surface area contributed by atoms with Crippen LogP contribution in [0.15, 0.2) is 0 Å². The summed E-state index contributed by atoms with van der Waals surface area (Å²) in [6.45, 7) is 5.11. The molecule has 0 aromatic rings. The third-order valence-corrected chi connectivity index (χ3v) is 2.77. The number of hydrogen-bond acceptors (Lipinski definition) is 6. The molecule has 3 N–H and O–H groups in total. The highest BCUT2D eigenvalue weighted by molar-refractivity contribution is 6.08. The molecule has 0 aromatic carbocycles. The Morgan fingerprint density at radius 1 is 1.26 bits per heavy atom. The Morgan fingerprint density at radius 2 is 1.87 bits per heavy atom. The van der Waals surface area contributed by atoms with E-state index in [4.69, 9.17) is 0 Å². The van der Waals surface area contributed by atoms with E-state index in [1.54, 1.807) is 13.8 Å². The number of carbonyl (C=O) groups excluding carboxylic acids is 5. The second-order valence-electron chi connectivity index (χ2n) is 5.78. The maximum absolute atomic E-state index is 11.9. The molecule has 0 spiro atoms. The molecule has 1 fully saturated rings. The van der Waals surface area contributed by atoms with Gasteiger partial charge in [-0.3, -0.25) is 24.6 Å². The van der Waals surface area contributed by atoms with Crippen LogP contribution in [-0.4, -0.2) is 59.5 Å². The summed E-state index contributed by atoms with van der Waals surface area (Å²) in [4.78, 5) is 58.4. The van der Waals surface area contributed by atoms with Crippen LogP contribution >= 0.6 is 0 Å². The smallest absolute Gasteiger partial charge is 0.326 e. The van der Waals surface area contributed by atoms with Gasteiger partial charge >= 0.3 is 18.0 Å². The first-order valence-electron chi connectivity index (χ1n) is 6.93. The number of ether oxygens (including phenoxy) is 1. The number of nitrogens with one attached hydrogen (secondary N) is 3. The van der Waals surface area contributed by atoms with Crippen LogP contribution < -0.4 is 16.0 Å². The lowest BCUT2D eigenvalue weighted by Crippen LogP contribution is -2.44. The zero-order valence-corrected chi connectivity index (χ0v) is 13.4. The van der Waals surface area contributed by atoms with Crippen molar-refractivity contribution < 1.29 is 28.7 Å². The van der Waals surface area contributed by atoms with Gasteiger partial charge < -0.3 is 15.4 Å². The van der Waals surface area contributed by atoms with Gasteiger partial charge in [-0.25, -0.2) is 9.59 Å². The molecular weight excluding hydrogens is 308 g/mol. The van der Waals surface area contributed by atoms with Gasteiger partial charge in [0.25, 0.3) is 11.8 Å². The lowest BCUT2D eigenvalue weighted by Gasteiger charge is -2.15. The number of nitrogens with zero attached hydrogens (tertiary/aromatic N) is 1. The molecule has 1 heterocycles. The Balaban J connectivity index is 2.40. The molecule has 0 bridgehead atoms. The lowest BCUT2D eigenvalue weighted by molar-refractivity contribution is -0.150. The Bertz CT molecular complexity index is 543. The summed E-state index contributed by atoms with van der Waals surface area (Å²) in [6, 6.07) is -1.58. The van der Waals surface area contributed by atoms with Crippen LogP contribution in [0.3, 0.4) is 0 Å². The molecule has 0 aromatic heterocycles. The van der Waals surface area contributed by atoms with Crippen LogP contribution in [0.1, 0.15) is 27.7 Å². The minimum absolute atomic E-state index is 0.159. The summed E-state index contributed by atoms with van der Waals surface area (Å²) in [7, 11) is 0. The van der Waals surface area contributed by atoms with Crippen LogP contribution in [0.4, 0.5) is 9.59 Å². The van der Waals surface area contributed by atoms with Crippen molar-refractivity contribution in [2.75, 3.05) is 13.2 Å². The van der Waals surface area contributed by atoms with Crippen molar-refractivity contribution in [3.63, 3.8) is 0 Å². The quantitative estimate of drug-likeness (QED) is 0.442. The van der Waals surface area contributed by atoms with Gasteiger partial charge in [0.05, 0.1) is 0 Å². The molecule has 1 saturated heterocycles. The van der Waals surface area contributed by atoms with Gasteiger partial charge in [0.1, 0.15) is 12.1 Å². The van der Waals surface area contributed by atoms with Crippen LogP contribution in [-0.2, 0) is 19.1 Å². The lowest BCUT2D eigenvalue weighted by atomic mass is 10.1. The zero-order valence-electron chi connectivity index (χ0n) is 13.4. The number of hydrogen-bond donors (Lipinski definition) is 3. The first-order chi connectivity index (χ1) is 10.5. The number of esters is 1. The highest BCUT2D eigenvalue weighted by Crippen LogP contribution is 2.16. The van der Waals surface area contributed by atoms with Gasteiger partial charge in [-0.15, -0.1) is 0 Å². The predicted molar refractivity (Wildman–Crippen MR) is 77.1 cm³/mol. The van der Waals surface area contributed by atoms with E-state index in [1.807, 2.05) is 5.32 Å². The van der Waals surface area contributed by atoms with Crippen LogP contribution in [0.2, 0.25) is 0 Å². The van der Waals surface area contributed by atoms with Crippen molar-refractivity contribution in [3.05, 3.63) is 0 Å². The minimum atomic E-state index is -1.09. The van der Waals surface area contributed by atoms with Gasteiger partial charge in [0.2, 0.25) is 0 Å². The van der Waals surface area contributed by atoms with E-state index in [2.05, 4.69) is 15.4 Å². The molecule has 0 saturated carbocycles. The van der Waals surface area contributed by atoms with E-state index >= 15 is 0 Å². The molecule has 10 heteroatoms. The number of imide groups is 2. The Hall–Kier alpha value is -2.65. The van der Waals surface area contributed by atoms with E-state index in [1.165, 1.54) is 13.8 Å². The van der Waals surface area contributed by atoms with Gasteiger partial charge in [0.15, 0.2) is 6.61 Å². The maximum atomic E-state index is 11.9. The molecule has 0 atom stereocenters. The van der Waals surface area contributed by atoms with E-state index < -0.39 is 48.5 Å². The minimum Gasteiger partial charge on any atom is -0.454 e. The summed E-state index contributed by atoms with van der Waals surface area (Å²) in [5.74, 6) is -2.33. The fraction of sp³-hybridized carbons (Fsp3) is 0.615. The summed E-state index contributed by atoms with van der Waals surface area (Å²) in [6.07, 6.45) is 0. The molecule has 6 amide bonds. The molecule has 10 nitrogen and oxygen atoms in total. The largest absolute Gasteiger partial charge is 0.454 e. The van der Waals surface area contributed by atoms with E-state index in [0.29, 0.717) is 4.90 Å². The molecule has 0 aliphatic carbocycles. The second-order valence-corrected chi connectivity index (χ2v) is 5.78. The second kappa shape index (κ2) is 7.07. The van der Waals surface area contributed by atoms with Gasteiger partial charge in [-0.1, -0.05) is 0 Å². The monoisotopic (exact) mass is 328 g/mol. The van der Waals surface area contributed by atoms with Crippen LogP contribution in [0.5, 0.6) is 0 Å². The summed E-state index contributed by atoms with van der Waals surface area (Å²) < 4.78 is 4.63. The highest BCUT2D eigenvalue weighted by Gasteiger charge is 2.45. The van der Waals surface area contributed by atoms with Gasteiger partial charge in [-0.2, -0.15) is 0 Å². The molecular formula is C13H20N4O6. The van der Waals surface area contributed by atoms with Crippen molar-refractivity contribution >= 4 is 29.8 Å². The first kappa shape index (κ1) is 18.4. The molecule has 1 aliphatic rings. The van der Waals surface area contributed by atoms with Crippen molar-refractivity contribution in [2.24, 2.45) is 0 Å². The topological polar surface area (TPSA) is 134 Å². The third-order valence-electron chi connectivity index (χ3n) is 2.77. The zero-order chi connectivity index (χ0) is 17.8. The summed E-state index contributed by atoms with van der Waals surface area (Å²) >= 11 is 0. The predicted octanol–water partition coefficient (Wildman–Crippen LogP) is -0.906. The SMILES string of the molecule is CC(C)NC(=O)NC(=O)COC(=O)CN1C(=O)NC(C)(C)C1=O. The molecule has 23 heavy (non-hydrogen) atoms. The average molecular weight is 328 g/mol. The molecule has 1 rings (SSSR count). The van der Waals surface area contributed by atoms with Crippen molar-refractivity contribution in [2.45, 2.75) is 39.3 Å². The number of carbonyl (C=O) groups is 5. The van der Waals surface area contributed by atoms with Crippen LogP contribution in [0, 0.1) is 0 Å². The molecule has 128 valence electrons. The maximum Gasteiger partial charge on any atom is 0.326 e. The number of urea groups is 2. The Labute approximate surface area is 132 Å². The van der Waals surface area contributed by atoms with Gasteiger partial charge in [0, 0.05) is 6.04 Å². The van der Waals surface area contributed by atoms with Crippen molar-refractivity contribution in [1.82, 2.24) is 20.9 Å². The number of rotatable bonds is 5. The Kier molecular flexibility index (Phi) is 5.66. The average Bonchev–Trinajstić information content (AvgIpc) is 2.57. The number of amides is 6. The highest BCUT2D eigenvalue weighted by atomic mass is 16.5.